The number of rotatable bonds is 7. The molecule has 7 nitrogen and oxygen atoms in total. The molecule has 0 atom stereocenters. The van der Waals surface area contributed by atoms with Gasteiger partial charge in [-0.2, -0.15) is 0 Å². The molecule has 0 saturated carbocycles. The van der Waals surface area contributed by atoms with Crippen molar-refractivity contribution < 1.29 is 23.1 Å². The molecular weight excluding hydrogens is 620 g/mol. The molecule has 180 valence electrons. The predicted molar refractivity (Wildman–Crippen MR) is 144 cm³/mol. The lowest BCUT2D eigenvalue weighted by atomic mass is 10.2. The van der Waals surface area contributed by atoms with E-state index in [0.29, 0.717) is 30.8 Å². The molecule has 0 aromatic heterocycles. The molecule has 3 N–H and O–H groups in total. The van der Waals surface area contributed by atoms with E-state index in [9.17, 15) is 18.0 Å². The maximum Gasteiger partial charge on any atom is 0.322 e. The summed E-state index contributed by atoms with van der Waals surface area (Å²) in [7, 11) is -3.66. The number of sulfone groups is 1. The monoisotopic (exact) mass is 636 g/mol. The number of hydrogen-bond acceptors (Lipinski definition) is 6. The number of halogens is 2. The summed E-state index contributed by atoms with van der Waals surface area (Å²) >= 11 is 8.06. The second kappa shape index (κ2) is 10.6. The fraction of sp³-hybridized carbons (Fsp3) is 0.0833. The molecule has 1 aliphatic heterocycles. The zero-order valence-electron chi connectivity index (χ0n) is 17.9. The lowest BCUT2D eigenvalue weighted by molar-refractivity contribution is -0.134. The number of carboxylic acids is 1. The van der Waals surface area contributed by atoms with Gasteiger partial charge >= 0.3 is 5.97 Å². The summed E-state index contributed by atoms with van der Waals surface area (Å²) in [5.74, 6) is -1.49. The Morgan fingerprint density at radius 2 is 1.74 bits per heavy atom. The van der Waals surface area contributed by atoms with Crippen LogP contribution in [0.25, 0.3) is 6.08 Å². The highest BCUT2D eigenvalue weighted by atomic mass is 79.9. The van der Waals surface area contributed by atoms with E-state index in [1.165, 1.54) is 17.8 Å². The minimum Gasteiger partial charge on any atom is -0.480 e. The van der Waals surface area contributed by atoms with E-state index in [1.807, 2.05) is 6.07 Å². The molecule has 0 spiro atoms. The molecule has 0 saturated heterocycles. The molecule has 0 aliphatic carbocycles. The molecule has 0 fully saturated rings. The van der Waals surface area contributed by atoms with Crippen molar-refractivity contribution in [3.63, 3.8) is 0 Å². The van der Waals surface area contributed by atoms with Crippen molar-refractivity contribution in [1.29, 1.82) is 0 Å². The SMILES string of the molecule is O=C(O)CNc1ccc(/C=C2/Sc3ccc(S(=O)(=O)Cc4c(Br)cccc4Br)cc3NC2=O)cc1. The van der Waals surface area contributed by atoms with Crippen molar-refractivity contribution in [1.82, 2.24) is 0 Å². The zero-order valence-corrected chi connectivity index (χ0v) is 22.7. The van der Waals surface area contributed by atoms with Crippen molar-refractivity contribution >= 4 is 82.8 Å². The van der Waals surface area contributed by atoms with Crippen molar-refractivity contribution in [2.75, 3.05) is 17.2 Å². The molecule has 0 radical (unpaired) electrons. The Labute approximate surface area is 223 Å². The Balaban J connectivity index is 1.53. The number of carboxylic acid groups (broad SMARTS) is 1. The van der Waals surface area contributed by atoms with Gasteiger partial charge in [0.05, 0.1) is 21.2 Å². The van der Waals surface area contributed by atoms with Crippen LogP contribution in [-0.4, -0.2) is 31.9 Å². The van der Waals surface area contributed by atoms with Gasteiger partial charge in [0.25, 0.3) is 5.91 Å². The summed E-state index contributed by atoms with van der Waals surface area (Å²) in [4.78, 5) is 24.7. The Kier molecular flexibility index (Phi) is 7.70. The highest BCUT2D eigenvalue weighted by molar-refractivity contribution is 9.11. The van der Waals surface area contributed by atoms with Gasteiger partial charge < -0.3 is 15.7 Å². The summed E-state index contributed by atoms with van der Waals surface area (Å²) in [5.41, 5.74) is 2.49. The Hall–Kier alpha value is -2.60. The maximum atomic E-state index is 13.1. The molecule has 11 heteroatoms. The fourth-order valence-electron chi connectivity index (χ4n) is 3.30. The number of fused-ring (bicyclic) bond motifs is 1. The fourth-order valence-corrected chi connectivity index (χ4v) is 7.31. The minimum atomic E-state index is -3.66. The Bertz CT molecular complexity index is 1430. The number of hydrogen-bond donors (Lipinski definition) is 3. The van der Waals surface area contributed by atoms with Crippen LogP contribution in [0.3, 0.4) is 0 Å². The van der Waals surface area contributed by atoms with Gasteiger partial charge in [0.15, 0.2) is 9.84 Å². The third-order valence-corrected chi connectivity index (χ3v) is 9.28. The summed E-state index contributed by atoms with van der Waals surface area (Å²) in [6, 6.07) is 17.1. The van der Waals surface area contributed by atoms with E-state index < -0.39 is 15.8 Å². The van der Waals surface area contributed by atoms with Crippen molar-refractivity contribution in [3.05, 3.63) is 85.6 Å². The molecule has 3 aromatic rings. The van der Waals surface area contributed by atoms with E-state index in [4.69, 9.17) is 5.11 Å². The molecule has 1 aliphatic rings. The second-order valence-corrected chi connectivity index (χ2v) is 12.3. The van der Waals surface area contributed by atoms with Crippen LogP contribution in [0.4, 0.5) is 11.4 Å². The van der Waals surface area contributed by atoms with E-state index in [-0.39, 0.29) is 23.1 Å². The van der Waals surface area contributed by atoms with Gasteiger partial charge in [-0.15, -0.1) is 0 Å². The van der Waals surface area contributed by atoms with Crippen LogP contribution in [-0.2, 0) is 25.2 Å². The lowest BCUT2D eigenvalue weighted by Crippen LogP contribution is -2.18. The van der Waals surface area contributed by atoms with Gasteiger partial charge in [0.2, 0.25) is 0 Å². The number of benzene rings is 3. The zero-order chi connectivity index (χ0) is 25.2. The molecule has 1 heterocycles. The Morgan fingerprint density at radius 1 is 1.06 bits per heavy atom. The van der Waals surface area contributed by atoms with Crippen LogP contribution < -0.4 is 10.6 Å². The molecule has 1 amide bonds. The third kappa shape index (κ3) is 6.16. The van der Waals surface area contributed by atoms with E-state index in [1.54, 1.807) is 54.6 Å². The van der Waals surface area contributed by atoms with Gasteiger partial charge in [0.1, 0.15) is 6.54 Å². The third-order valence-electron chi connectivity index (χ3n) is 5.05. The first-order valence-corrected chi connectivity index (χ1v) is 14.2. The first-order valence-electron chi connectivity index (χ1n) is 10.2. The number of anilines is 2. The number of nitrogens with one attached hydrogen (secondary N) is 2. The summed E-state index contributed by atoms with van der Waals surface area (Å²) < 4.78 is 27.5. The highest BCUT2D eigenvalue weighted by Crippen LogP contribution is 2.40. The quantitative estimate of drug-likeness (QED) is 0.282. The number of carbonyl (C=O) groups excluding carboxylic acids is 1. The van der Waals surface area contributed by atoms with Gasteiger partial charge in [-0.05, 0) is 59.7 Å². The average molecular weight is 638 g/mol. The Morgan fingerprint density at radius 3 is 2.40 bits per heavy atom. The number of amides is 1. The second-order valence-electron chi connectivity index (χ2n) is 7.55. The predicted octanol–water partition coefficient (Wildman–Crippen LogP) is 5.77. The van der Waals surface area contributed by atoms with Gasteiger partial charge in [0, 0.05) is 19.5 Å². The van der Waals surface area contributed by atoms with Gasteiger partial charge in [-0.3, -0.25) is 9.59 Å². The largest absolute Gasteiger partial charge is 0.480 e. The van der Waals surface area contributed by atoms with E-state index in [0.717, 1.165) is 10.5 Å². The molecule has 35 heavy (non-hydrogen) atoms. The summed E-state index contributed by atoms with van der Waals surface area (Å²) in [5, 5.41) is 14.3. The van der Waals surface area contributed by atoms with Crippen LogP contribution in [0.5, 0.6) is 0 Å². The van der Waals surface area contributed by atoms with Crippen molar-refractivity contribution in [3.8, 4) is 0 Å². The molecular formula is C24H18Br2N2O5S2. The first kappa shape index (κ1) is 25.5. The smallest absolute Gasteiger partial charge is 0.322 e. The van der Waals surface area contributed by atoms with Gasteiger partial charge in [-0.1, -0.05) is 61.8 Å². The van der Waals surface area contributed by atoms with Crippen molar-refractivity contribution in [2.24, 2.45) is 0 Å². The normalized spacial score (nSPS) is 14.3. The minimum absolute atomic E-state index is 0.122. The molecule has 0 bridgehead atoms. The van der Waals surface area contributed by atoms with Crippen LogP contribution in [0.15, 0.2) is 84.3 Å². The number of aliphatic carboxylic acids is 1. The topological polar surface area (TPSA) is 113 Å². The number of carbonyl (C=O) groups is 2. The highest BCUT2D eigenvalue weighted by Gasteiger charge is 2.25. The average Bonchev–Trinajstić information content (AvgIpc) is 2.81. The molecule has 0 unspecified atom stereocenters. The molecule has 4 rings (SSSR count). The number of thioether (sulfide) groups is 1. The van der Waals surface area contributed by atoms with Crippen LogP contribution in [0, 0.1) is 0 Å². The first-order chi connectivity index (χ1) is 16.6. The molecule has 3 aromatic carbocycles. The summed E-state index contributed by atoms with van der Waals surface area (Å²) in [6.07, 6.45) is 1.72. The van der Waals surface area contributed by atoms with Crippen LogP contribution >= 0.6 is 43.6 Å². The van der Waals surface area contributed by atoms with Crippen LogP contribution in [0.1, 0.15) is 11.1 Å². The standard InChI is InChI=1S/C24H18Br2N2O5S2/c25-18-2-1-3-19(26)17(18)13-35(32,33)16-8-9-21-20(11-16)28-24(31)22(34-21)10-14-4-6-15(7-5-14)27-12-23(29)30/h1-11,27H,12-13H2,(H,28,31)(H,29,30)/b22-10+. The van der Waals surface area contributed by atoms with E-state index in [2.05, 4.69) is 42.5 Å². The lowest BCUT2D eigenvalue weighted by Gasteiger charge is -2.20. The van der Waals surface area contributed by atoms with Crippen molar-refractivity contribution in [2.45, 2.75) is 15.5 Å². The van der Waals surface area contributed by atoms with E-state index >= 15 is 0 Å². The van der Waals surface area contributed by atoms with Crippen LogP contribution in [0.2, 0.25) is 0 Å². The summed E-state index contributed by atoms with van der Waals surface area (Å²) in [6.45, 7) is -0.187. The van der Waals surface area contributed by atoms with Gasteiger partial charge in [-0.25, -0.2) is 8.42 Å². The maximum absolute atomic E-state index is 13.1.